The van der Waals surface area contributed by atoms with Gasteiger partial charge in [0, 0.05) is 17.3 Å². The van der Waals surface area contributed by atoms with Crippen molar-refractivity contribution in [2.45, 2.75) is 50.5 Å². The van der Waals surface area contributed by atoms with Crippen LogP contribution in [0.15, 0.2) is 47.4 Å². The van der Waals surface area contributed by atoms with Gasteiger partial charge in [0.15, 0.2) is 0 Å². The monoisotopic (exact) mass is 372 g/mol. The molecule has 1 aliphatic rings. The molecule has 1 fully saturated rings. The van der Waals surface area contributed by atoms with E-state index in [0.717, 1.165) is 42.5 Å². The predicted octanol–water partition coefficient (Wildman–Crippen LogP) is 3.78. The van der Waals surface area contributed by atoms with Crippen molar-refractivity contribution in [3.05, 3.63) is 59.2 Å². The topological polar surface area (TPSA) is 75.3 Å². The van der Waals surface area contributed by atoms with E-state index in [9.17, 15) is 13.2 Å². The van der Waals surface area contributed by atoms with E-state index >= 15 is 0 Å². The number of benzene rings is 2. The molecule has 0 spiro atoms. The Balaban J connectivity index is 1.73. The summed E-state index contributed by atoms with van der Waals surface area (Å²) in [7, 11) is -3.54. The van der Waals surface area contributed by atoms with Gasteiger partial charge in [-0.3, -0.25) is 4.79 Å². The number of sulfonamides is 1. The van der Waals surface area contributed by atoms with E-state index in [0.29, 0.717) is 5.56 Å². The van der Waals surface area contributed by atoms with Gasteiger partial charge in [-0.1, -0.05) is 31.0 Å². The summed E-state index contributed by atoms with van der Waals surface area (Å²) in [5, 5.41) is 2.91. The van der Waals surface area contributed by atoms with Crippen LogP contribution in [0.2, 0.25) is 0 Å². The minimum Gasteiger partial charge on any atom is -0.322 e. The highest BCUT2D eigenvalue weighted by Gasteiger charge is 2.23. The Morgan fingerprint density at radius 2 is 1.54 bits per heavy atom. The zero-order valence-corrected chi connectivity index (χ0v) is 15.9. The minimum absolute atomic E-state index is 0.0204. The third-order valence-electron chi connectivity index (χ3n) is 4.82. The molecule has 2 N–H and O–H groups in total. The van der Waals surface area contributed by atoms with E-state index in [1.165, 1.54) is 12.1 Å². The Kier molecular flexibility index (Phi) is 5.44. The number of aryl methyl sites for hydroxylation is 2. The number of carbonyl (C=O) groups is 1. The van der Waals surface area contributed by atoms with Crippen LogP contribution in [-0.4, -0.2) is 20.4 Å². The van der Waals surface area contributed by atoms with Gasteiger partial charge in [0.25, 0.3) is 5.91 Å². The summed E-state index contributed by atoms with van der Waals surface area (Å²) in [6.07, 6.45) is 3.89. The van der Waals surface area contributed by atoms with Crippen LogP contribution < -0.4 is 10.0 Å². The van der Waals surface area contributed by atoms with Gasteiger partial charge >= 0.3 is 0 Å². The van der Waals surface area contributed by atoms with Gasteiger partial charge in [-0.15, -0.1) is 0 Å². The van der Waals surface area contributed by atoms with Crippen LogP contribution in [0.4, 0.5) is 5.69 Å². The van der Waals surface area contributed by atoms with Gasteiger partial charge in [0.05, 0.1) is 4.90 Å². The standard InChI is InChI=1S/C20H24N2O3S/c1-14-6-5-7-15(2)19(14)21-20(23)16-10-12-18(13-11-16)26(24,25)22-17-8-3-4-9-17/h5-7,10-13,17,22H,3-4,8-9H2,1-2H3,(H,21,23). The Morgan fingerprint density at radius 1 is 0.962 bits per heavy atom. The zero-order chi connectivity index (χ0) is 18.7. The molecular formula is C20H24N2O3S. The quantitative estimate of drug-likeness (QED) is 0.839. The molecule has 26 heavy (non-hydrogen) atoms. The average Bonchev–Trinajstić information content (AvgIpc) is 3.10. The van der Waals surface area contributed by atoms with E-state index in [4.69, 9.17) is 0 Å². The number of rotatable bonds is 5. The van der Waals surface area contributed by atoms with Gasteiger partial charge in [-0.25, -0.2) is 13.1 Å². The van der Waals surface area contributed by atoms with Crippen LogP contribution in [0.1, 0.15) is 47.2 Å². The Hall–Kier alpha value is -2.18. The number of para-hydroxylation sites is 1. The maximum absolute atomic E-state index is 12.5. The summed E-state index contributed by atoms with van der Waals surface area (Å²) < 4.78 is 27.6. The van der Waals surface area contributed by atoms with Crippen LogP contribution in [0, 0.1) is 13.8 Å². The summed E-state index contributed by atoms with van der Waals surface area (Å²) >= 11 is 0. The Labute approximate surface area is 154 Å². The highest BCUT2D eigenvalue weighted by molar-refractivity contribution is 7.89. The molecule has 0 aromatic heterocycles. The smallest absolute Gasteiger partial charge is 0.255 e. The highest BCUT2D eigenvalue weighted by Crippen LogP contribution is 2.22. The van der Waals surface area contributed by atoms with Gasteiger partial charge in [-0.2, -0.15) is 0 Å². The fourth-order valence-electron chi connectivity index (χ4n) is 3.31. The molecular weight excluding hydrogens is 348 g/mol. The van der Waals surface area contributed by atoms with Crippen molar-refractivity contribution in [2.24, 2.45) is 0 Å². The van der Waals surface area contributed by atoms with Crippen LogP contribution >= 0.6 is 0 Å². The molecule has 0 aliphatic heterocycles. The molecule has 5 nitrogen and oxygen atoms in total. The number of amides is 1. The van der Waals surface area contributed by atoms with E-state index in [2.05, 4.69) is 10.0 Å². The first kappa shape index (κ1) is 18.6. The molecule has 2 aromatic carbocycles. The summed E-state index contributed by atoms with van der Waals surface area (Å²) in [6.45, 7) is 3.87. The van der Waals surface area contributed by atoms with Gasteiger partial charge < -0.3 is 5.32 Å². The lowest BCUT2D eigenvalue weighted by molar-refractivity contribution is 0.102. The van der Waals surface area contributed by atoms with Crippen LogP contribution in [0.25, 0.3) is 0 Å². The van der Waals surface area contributed by atoms with Crippen LogP contribution in [0.5, 0.6) is 0 Å². The fraction of sp³-hybridized carbons (Fsp3) is 0.350. The first-order chi connectivity index (χ1) is 12.4. The molecule has 1 aliphatic carbocycles. The molecule has 1 saturated carbocycles. The van der Waals surface area contributed by atoms with Gasteiger partial charge in [-0.05, 0) is 62.1 Å². The number of hydrogen-bond donors (Lipinski definition) is 2. The van der Waals surface area contributed by atoms with Crippen LogP contribution in [0.3, 0.4) is 0 Å². The Bertz CT molecular complexity index is 879. The second-order valence-corrected chi connectivity index (χ2v) is 8.56. The lowest BCUT2D eigenvalue weighted by Gasteiger charge is -2.13. The third-order valence-corrected chi connectivity index (χ3v) is 6.36. The lowest BCUT2D eigenvalue weighted by Crippen LogP contribution is -2.32. The first-order valence-electron chi connectivity index (χ1n) is 8.87. The largest absolute Gasteiger partial charge is 0.322 e. The van der Waals surface area contributed by atoms with Crippen LogP contribution in [-0.2, 0) is 10.0 Å². The van der Waals surface area contributed by atoms with Crippen molar-refractivity contribution in [1.29, 1.82) is 0 Å². The second kappa shape index (κ2) is 7.60. The highest BCUT2D eigenvalue weighted by atomic mass is 32.2. The molecule has 0 unspecified atom stereocenters. The molecule has 0 atom stereocenters. The van der Waals surface area contributed by atoms with Gasteiger partial charge in [0.1, 0.15) is 0 Å². The van der Waals surface area contributed by atoms with E-state index in [1.54, 1.807) is 12.1 Å². The predicted molar refractivity (Wildman–Crippen MR) is 103 cm³/mol. The van der Waals surface area contributed by atoms with Crippen molar-refractivity contribution in [3.63, 3.8) is 0 Å². The van der Waals surface area contributed by atoms with E-state index in [1.807, 2.05) is 32.0 Å². The number of nitrogens with one attached hydrogen (secondary N) is 2. The molecule has 3 rings (SSSR count). The maximum atomic E-state index is 12.5. The summed E-state index contributed by atoms with van der Waals surface area (Å²) in [4.78, 5) is 12.7. The molecule has 0 radical (unpaired) electrons. The number of anilines is 1. The number of carbonyl (C=O) groups excluding carboxylic acids is 1. The fourth-order valence-corrected chi connectivity index (χ4v) is 4.62. The Morgan fingerprint density at radius 3 is 2.12 bits per heavy atom. The molecule has 6 heteroatoms. The van der Waals surface area contributed by atoms with Crippen molar-refractivity contribution >= 4 is 21.6 Å². The molecule has 0 saturated heterocycles. The van der Waals surface area contributed by atoms with Crippen molar-refractivity contribution in [1.82, 2.24) is 4.72 Å². The summed E-state index contributed by atoms with van der Waals surface area (Å²) in [5.74, 6) is -0.255. The van der Waals surface area contributed by atoms with Crippen molar-refractivity contribution < 1.29 is 13.2 Å². The maximum Gasteiger partial charge on any atom is 0.255 e. The minimum atomic E-state index is -3.54. The zero-order valence-electron chi connectivity index (χ0n) is 15.1. The molecule has 2 aromatic rings. The molecule has 138 valence electrons. The lowest BCUT2D eigenvalue weighted by atomic mass is 10.1. The van der Waals surface area contributed by atoms with Crippen molar-refractivity contribution in [2.75, 3.05) is 5.32 Å². The molecule has 0 heterocycles. The second-order valence-electron chi connectivity index (χ2n) is 6.85. The molecule has 0 bridgehead atoms. The SMILES string of the molecule is Cc1cccc(C)c1NC(=O)c1ccc(S(=O)(=O)NC2CCCC2)cc1. The third kappa shape index (κ3) is 4.14. The van der Waals surface area contributed by atoms with E-state index < -0.39 is 10.0 Å². The van der Waals surface area contributed by atoms with Gasteiger partial charge in [0.2, 0.25) is 10.0 Å². The molecule has 1 amide bonds. The summed E-state index contributed by atoms with van der Waals surface area (Å²) in [5.41, 5.74) is 3.18. The summed E-state index contributed by atoms with van der Waals surface area (Å²) in [6, 6.07) is 11.9. The first-order valence-corrected chi connectivity index (χ1v) is 10.3. The van der Waals surface area contributed by atoms with E-state index in [-0.39, 0.29) is 16.8 Å². The number of hydrogen-bond acceptors (Lipinski definition) is 3. The normalized spacial score (nSPS) is 15.2. The average molecular weight is 372 g/mol. The van der Waals surface area contributed by atoms with Crippen molar-refractivity contribution in [3.8, 4) is 0 Å².